The lowest BCUT2D eigenvalue weighted by molar-refractivity contribution is -0.146. The van der Waals surface area contributed by atoms with E-state index in [1.165, 1.54) is 0 Å². The van der Waals surface area contributed by atoms with Gasteiger partial charge in [0.2, 0.25) is 5.91 Å². The van der Waals surface area contributed by atoms with E-state index in [1.807, 2.05) is 31.2 Å². The molecule has 2 atom stereocenters. The van der Waals surface area contributed by atoms with Gasteiger partial charge < -0.3 is 14.7 Å². The third kappa shape index (κ3) is 4.00. The van der Waals surface area contributed by atoms with E-state index in [0.29, 0.717) is 32.4 Å². The number of amides is 1. The van der Waals surface area contributed by atoms with Crippen LogP contribution in [0.3, 0.4) is 0 Å². The molecule has 1 saturated heterocycles. The Hall–Kier alpha value is -2.04. The number of para-hydroxylation sites is 1. The zero-order valence-electron chi connectivity index (χ0n) is 13.1. The van der Waals surface area contributed by atoms with Crippen molar-refractivity contribution in [2.45, 2.75) is 26.2 Å². The minimum atomic E-state index is -0.811. The number of carboxylic acids is 1. The van der Waals surface area contributed by atoms with Crippen molar-refractivity contribution in [3.63, 3.8) is 0 Å². The smallest absolute Gasteiger partial charge is 0.308 e. The SMILES string of the molecule is COc1ccccc1CCC(=O)N1CC(C)CC(C(=O)O)C1. The summed E-state index contributed by atoms with van der Waals surface area (Å²) in [7, 11) is 1.62. The molecule has 1 aliphatic rings. The number of piperidine rings is 1. The Kier molecular flexibility index (Phi) is 5.41. The molecule has 0 saturated carbocycles. The normalized spacial score (nSPS) is 21.5. The first-order valence-electron chi connectivity index (χ1n) is 7.63. The van der Waals surface area contributed by atoms with Gasteiger partial charge in [0.05, 0.1) is 13.0 Å². The van der Waals surface area contributed by atoms with Crippen molar-refractivity contribution in [3.05, 3.63) is 29.8 Å². The maximum Gasteiger partial charge on any atom is 0.308 e. The van der Waals surface area contributed by atoms with Gasteiger partial charge >= 0.3 is 5.97 Å². The van der Waals surface area contributed by atoms with E-state index in [4.69, 9.17) is 4.74 Å². The molecule has 0 bridgehead atoms. The van der Waals surface area contributed by atoms with Crippen LogP contribution >= 0.6 is 0 Å². The van der Waals surface area contributed by atoms with Gasteiger partial charge in [-0.1, -0.05) is 25.1 Å². The van der Waals surface area contributed by atoms with Gasteiger partial charge in [0, 0.05) is 19.5 Å². The number of nitrogens with zero attached hydrogens (tertiary/aromatic N) is 1. The number of carboxylic acid groups (broad SMARTS) is 1. The average molecular weight is 305 g/mol. The monoisotopic (exact) mass is 305 g/mol. The molecule has 5 nitrogen and oxygen atoms in total. The molecule has 5 heteroatoms. The fraction of sp³-hybridized carbons (Fsp3) is 0.529. The van der Waals surface area contributed by atoms with Crippen LogP contribution in [-0.4, -0.2) is 42.1 Å². The van der Waals surface area contributed by atoms with Crippen molar-refractivity contribution < 1.29 is 19.4 Å². The standard InChI is InChI=1S/C17H23NO4/c1-12-9-14(17(20)21)11-18(10-12)16(19)8-7-13-5-3-4-6-15(13)22-2/h3-6,12,14H,7-11H2,1-2H3,(H,20,21). The van der Waals surface area contributed by atoms with E-state index >= 15 is 0 Å². The van der Waals surface area contributed by atoms with E-state index < -0.39 is 11.9 Å². The Labute approximate surface area is 130 Å². The summed E-state index contributed by atoms with van der Waals surface area (Å²) >= 11 is 0. The molecule has 0 aromatic heterocycles. The third-order valence-electron chi connectivity index (χ3n) is 4.16. The zero-order chi connectivity index (χ0) is 16.1. The number of likely N-dealkylation sites (tertiary alicyclic amines) is 1. The largest absolute Gasteiger partial charge is 0.496 e. The zero-order valence-corrected chi connectivity index (χ0v) is 13.1. The summed E-state index contributed by atoms with van der Waals surface area (Å²) < 4.78 is 5.29. The fourth-order valence-electron chi connectivity index (χ4n) is 3.04. The van der Waals surface area contributed by atoms with E-state index in [2.05, 4.69) is 0 Å². The molecule has 1 N–H and O–H groups in total. The molecule has 22 heavy (non-hydrogen) atoms. The minimum absolute atomic E-state index is 0.0173. The van der Waals surface area contributed by atoms with Gasteiger partial charge in [-0.25, -0.2) is 0 Å². The van der Waals surface area contributed by atoms with Crippen molar-refractivity contribution in [1.82, 2.24) is 4.90 Å². The van der Waals surface area contributed by atoms with E-state index in [-0.39, 0.29) is 11.8 Å². The van der Waals surface area contributed by atoms with Crippen molar-refractivity contribution in [1.29, 1.82) is 0 Å². The van der Waals surface area contributed by atoms with Crippen LogP contribution in [0.5, 0.6) is 5.75 Å². The highest BCUT2D eigenvalue weighted by atomic mass is 16.5. The summed E-state index contributed by atoms with van der Waals surface area (Å²) in [4.78, 5) is 25.3. The molecule has 1 fully saturated rings. The number of hydrogen-bond acceptors (Lipinski definition) is 3. The molecule has 1 amide bonds. The average Bonchev–Trinajstić information content (AvgIpc) is 2.52. The minimum Gasteiger partial charge on any atom is -0.496 e. The Morgan fingerprint density at radius 1 is 1.32 bits per heavy atom. The molecule has 1 aliphatic heterocycles. The quantitative estimate of drug-likeness (QED) is 0.905. The summed E-state index contributed by atoms with van der Waals surface area (Å²) in [5.41, 5.74) is 0.998. The number of carbonyl (C=O) groups excluding carboxylic acids is 1. The molecule has 1 heterocycles. The van der Waals surface area contributed by atoms with E-state index in [9.17, 15) is 14.7 Å². The number of benzene rings is 1. The van der Waals surface area contributed by atoms with Crippen molar-refractivity contribution in [3.8, 4) is 5.75 Å². The van der Waals surface area contributed by atoms with Gasteiger partial charge in [-0.05, 0) is 30.4 Å². The summed E-state index contributed by atoms with van der Waals surface area (Å²) in [6, 6.07) is 7.65. The number of carbonyl (C=O) groups is 2. The molecule has 2 rings (SSSR count). The van der Waals surface area contributed by atoms with Crippen LogP contribution in [0.2, 0.25) is 0 Å². The number of rotatable bonds is 5. The molecular formula is C17H23NO4. The maximum absolute atomic E-state index is 12.4. The first-order chi connectivity index (χ1) is 10.5. The van der Waals surface area contributed by atoms with Crippen molar-refractivity contribution in [2.75, 3.05) is 20.2 Å². The second-order valence-electron chi connectivity index (χ2n) is 5.99. The van der Waals surface area contributed by atoms with Crippen LogP contribution in [0.25, 0.3) is 0 Å². The highest BCUT2D eigenvalue weighted by Crippen LogP contribution is 2.24. The molecule has 1 aromatic carbocycles. The second kappa shape index (κ2) is 7.29. The Morgan fingerprint density at radius 2 is 2.05 bits per heavy atom. The van der Waals surface area contributed by atoms with Gasteiger partial charge in [-0.3, -0.25) is 9.59 Å². The number of methoxy groups -OCH3 is 1. The van der Waals surface area contributed by atoms with Crippen molar-refractivity contribution in [2.24, 2.45) is 11.8 Å². The van der Waals surface area contributed by atoms with Crippen molar-refractivity contribution >= 4 is 11.9 Å². The number of hydrogen-bond donors (Lipinski definition) is 1. The maximum atomic E-state index is 12.4. The predicted molar refractivity (Wildman–Crippen MR) is 82.8 cm³/mol. The molecule has 0 spiro atoms. The summed E-state index contributed by atoms with van der Waals surface area (Å²) in [6.45, 7) is 2.97. The number of aliphatic carboxylic acids is 1. The van der Waals surface area contributed by atoms with Crippen LogP contribution < -0.4 is 4.74 Å². The summed E-state index contributed by atoms with van der Waals surface area (Å²) in [5.74, 6) is -0.229. The lowest BCUT2D eigenvalue weighted by atomic mass is 9.90. The van der Waals surface area contributed by atoms with Gasteiger partial charge in [-0.2, -0.15) is 0 Å². The van der Waals surface area contributed by atoms with Crippen LogP contribution in [0.4, 0.5) is 0 Å². The van der Waals surface area contributed by atoms with Crippen LogP contribution in [-0.2, 0) is 16.0 Å². The Balaban J connectivity index is 1.95. The molecule has 120 valence electrons. The third-order valence-corrected chi connectivity index (χ3v) is 4.16. The second-order valence-corrected chi connectivity index (χ2v) is 5.99. The van der Waals surface area contributed by atoms with Crippen LogP contribution in [0.15, 0.2) is 24.3 Å². The molecule has 1 aromatic rings. The van der Waals surface area contributed by atoms with E-state index in [0.717, 1.165) is 11.3 Å². The van der Waals surface area contributed by atoms with Gasteiger partial charge in [0.25, 0.3) is 0 Å². The molecular weight excluding hydrogens is 282 g/mol. The Bertz CT molecular complexity index is 543. The molecule has 0 radical (unpaired) electrons. The summed E-state index contributed by atoms with van der Waals surface area (Å²) in [6.07, 6.45) is 1.62. The first kappa shape index (κ1) is 16.3. The number of ether oxygens (including phenoxy) is 1. The predicted octanol–water partition coefficient (Wildman–Crippen LogP) is 2.20. The highest BCUT2D eigenvalue weighted by molar-refractivity contribution is 5.78. The van der Waals surface area contributed by atoms with Gasteiger partial charge in [0.15, 0.2) is 0 Å². The Morgan fingerprint density at radius 3 is 2.73 bits per heavy atom. The summed E-state index contributed by atoms with van der Waals surface area (Å²) in [5, 5.41) is 9.18. The lowest BCUT2D eigenvalue weighted by Gasteiger charge is -2.34. The van der Waals surface area contributed by atoms with Gasteiger partial charge in [0.1, 0.15) is 5.75 Å². The van der Waals surface area contributed by atoms with Crippen LogP contribution in [0, 0.1) is 11.8 Å². The first-order valence-corrected chi connectivity index (χ1v) is 7.63. The highest BCUT2D eigenvalue weighted by Gasteiger charge is 2.31. The lowest BCUT2D eigenvalue weighted by Crippen LogP contribution is -2.45. The number of aryl methyl sites for hydroxylation is 1. The fourth-order valence-corrected chi connectivity index (χ4v) is 3.04. The van der Waals surface area contributed by atoms with E-state index in [1.54, 1.807) is 12.0 Å². The topological polar surface area (TPSA) is 66.8 Å². The van der Waals surface area contributed by atoms with Gasteiger partial charge in [-0.15, -0.1) is 0 Å². The molecule has 2 unspecified atom stereocenters. The molecule has 0 aliphatic carbocycles. The van der Waals surface area contributed by atoms with Crippen LogP contribution in [0.1, 0.15) is 25.3 Å².